The summed E-state index contributed by atoms with van der Waals surface area (Å²) < 4.78 is 0. The molecule has 0 N–H and O–H groups in total. The summed E-state index contributed by atoms with van der Waals surface area (Å²) in [5.74, 6) is 2.32. The third-order valence-electron chi connectivity index (χ3n) is 1.53. The van der Waals surface area contributed by atoms with Crippen LogP contribution in [0, 0.1) is 12.3 Å². The summed E-state index contributed by atoms with van der Waals surface area (Å²) in [5, 5.41) is 0. The summed E-state index contributed by atoms with van der Waals surface area (Å²) in [6.45, 7) is 0. The first-order chi connectivity index (χ1) is 5.24. The number of anilines is 1. The van der Waals surface area contributed by atoms with Gasteiger partial charge in [0.15, 0.2) is 0 Å². The van der Waals surface area contributed by atoms with Gasteiger partial charge < -0.3 is 11.3 Å². The second-order valence-corrected chi connectivity index (χ2v) is 2.57. The third kappa shape index (κ3) is 2.75. The Morgan fingerprint density at radius 1 is 1.17 bits per heavy atom. The Morgan fingerprint density at radius 2 is 1.67 bits per heavy atom. The van der Waals surface area contributed by atoms with Crippen molar-refractivity contribution in [3.05, 3.63) is 36.3 Å². The van der Waals surface area contributed by atoms with Gasteiger partial charge in [-0.15, -0.1) is 17.7 Å². The van der Waals surface area contributed by atoms with Crippen molar-refractivity contribution in [1.29, 1.82) is 0 Å². The maximum absolute atomic E-state index is 6.86. The van der Waals surface area contributed by atoms with Gasteiger partial charge in [0.1, 0.15) is 0 Å². The number of hydrogen-bond donors (Lipinski definition) is 0. The zero-order chi connectivity index (χ0) is 8.27. The van der Waals surface area contributed by atoms with E-state index in [-0.39, 0.29) is 22.4 Å². The molecule has 1 rings (SSSR count). The number of hydrogen-bond acceptors (Lipinski definition) is 1. The monoisotopic (exact) mass is 251 g/mol. The average molecular weight is 252 g/mol. The molecule has 0 spiro atoms. The molecule has 0 aliphatic heterocycles. The Kier molecular flexibility index (Phi) is 4.77. The van der Waals surface area contributed by atoms with Gasteiger partial charge >= 0.3 is 22.4 Å². The molecule has 0 unspecified atom stereocenters. The van der Waals surface area contributed by atoms with Crippen molar-refractivity contribution >= 4 is 5.69 Å². The summed E-state index contributed by atoms with van der Waals surface area (Å²) in [5.41, 5.74) is 1.96. The molecule has 0 atom stereocenters. The van der Waals surface area contributed by atoms with Crippen LogP contribution in [0.3, 0.4) is 0 Å². The molecule has 0 aliphatic rings. The van der Waals surface area contributed by atoms with Crippen LogP contribution >= 0.6 is 0 Å². The largest absolute Gasteiger partial charge is 1.00 e. The van der Waals surface area contributed by atoms with E-state index in [0.29, 0.717) is 0 Å². The van der Waals surface area contributed by atoms with Crippen LogP contribution in [0.15, 0.2) is 24.3 Å². The van der Waals surface area contributed by atoms with Gasteiger partial charge in [-0.3, -0.25) is 5.92 Å². The van der Waals surface area contributed by atoms with Crippen LogP contribution in [-0.4, -0.2) is 14.1 Å². The van der Waals surface area contributed by atoms with Gasteiger partial charge in [0.2, 0.25) is 0 Å². The molecule has 12 heavy (non-hydrogen) atoms. The summed E-state index contributed by atoms with van der Waals surface area (Å²) in [4.78, 5) is 2.02. The van der Waals surface area contributed by atoms with Crippen molar-refractivity contribution in [3.8, 4) is 5.92 Å². The molecule has 0 amide bonds. The van der Waals surface area contributed by atoms with Crippen LogP contribution in [0.2, 0.25) is 0 Å². The van der Waals surface area contributed by atoms with Gasteiger partial charge in [-0.05, 0) is 0 Å². The maximum Gasteiger partial charge on any atom is 1.00 e. The van der Waals surface area contributed by atoms with Crippen molar-refractivity contribution < 1.29 is 22.4 Å². The Bertz CT molecular complexity index is 269. The quantitative estimate of drug-likeness (QED) is 0.417. The van der Waals surface area contributed by atoms with Crippen molar-refractivity contribution in [2.45, 2.75) is 0 Å². The van der Waals surface area contributed by atoms with Crippen molar-refractivity contribution in [3.63, 3.8) is 0 Å². The van der Waals surface area contributed by atoms with E-state index in [1.165, 1.54) is 0 Å². The van der Waals surface area contributed by atoms with Gasteiger partial charge in [-0.2, -0.15) is 0 Å². The van der Waals surface area contributed by atoms with E-state index in [4.69, 9.17) is 6.42 Å². The Hall–Kier alpha value is -0.680. The van der Waals surface area contributed by atoms with Gasteiger partial charge in [-0.25, -0.2) is 0 Å². The molecule has 0 bridgehead atoms. The van der Waals surface area contributed by atoms with Gasteiger partial charge in [0.05, 0.1) is 0 Å². The minimum Gasteiger partial charge on any atom is -0.378 e. The van der Waals surface area contributed by atoms with Gasteiger partial charge in [0.25, 0.3) is 0 Å². The van der Waals surface area contributed by atoms with Crippen LogP contribution in [0.1, 0.15) is 5.56 Å². The minimum absolute atomic E-state index is 0. The molecule has 2 heteroatoms. The fourth-order valence-electron chi connectivity index (χ4n) is 0.843. The summed E-state index contributed by atoms with van der Waals surface area (Å²) in [7, 11) is 3.98. The predicted molar refractivity (Wildman–Crippen MR) is 47.0 cm³/mol. The zero-order valence-corrected chi connectivity index (χ0v) is 8.54. The van der Waals surface area contributed by atoms with Gasteiger partial charge in [0, 0.05) is 19.8 Å². The van der Waals surface area contributed by atoms with Crippen molar-refractivity contribution in [2.75, 3.05) is 19.0 Å². The maximum atomic E-state index is 6.86. The molecule has 1 aromatic carbocycles. The Labute approximate surface area is 89.3 Å². The van der Waals surface area contributed by atoms with Crippen LogP contribution in [-0.2, 0) is 22.4 Å². The van der Waals surface area contributed by atoms with E-state index in [0.717, 1.165) is 11.3 Å². The van der Waals surface area contributed by atoms with E-state index in [1.807, 2.05) is 43.3 Å². The molecule has 66 valence electrons. The Morgan fingerprint density at radius 3 is 2.00 bits per heavy atom. The SMILES string of the molecule is [Ag+].[C-]#Cc1ccc(N(C)C)cc1. The molecule has 0 radical (unpaired) electrons. The molecule has 0 fully saturated rings. The zero-order valence-electron chi connectivity index (χ0n) is 7.06. The van der Waals surface area contributed by atoms with E-state index in [2.05, 4.69) is 5.92 Å². The summed E-state index contributed by atoms with van der Waals surface area (Å²) >= 11 is 0. The molecule has 0 heterocycles. The first-order valence-electron chi connectivity index (χ1n) is 3.44. The van der Waals surface area contributed by atoms with E-state index < -0.39 is 0 Å². The molecular formula is C10H10AgN. The van der Waals surface area contributed by atoms with Crippen molar-refractivity contribution in [1.82, 2.24) is 0 Å². The third-order valence-corrected chi connectivity index (χ3v) is 1.53. The first-order valence-corrected chi connectivity index (χ1v) is 3.44. The normalized spacial score (nSPS) is 8.08. The minimum atomic E-state index is 0. The smallest absolute Gasteiger partial charge is 0.378 e. The fraction of sp³-hybridized carbons (Fsp3) is 0.200. The standard InChI is InChI=1S/C10H10N.Ag/c1-4-9-5-7-10(8-6-9)11(2)3;/h5-8H,2-3H3;/q-1;+1. The molecule has 0 aliphatic carbocycles. The van der Waals surface area contributed by atoms with Crippen LogP contribution < -0.4 is 4.90 Å². The molecule has 0 saturated carbocycles. The summed E-state index contributed by atoms with van der Waals surface area (Å²) in [6.07, 6.45) is 6.86. The first kappa shape index (κ1) is 11.3. The number of rotatable bonds is 1. The van der Waals surface area contributed by atoms with E-state index in [9.17, 15) is 0 Å². The average Bonchev–Trinajstić information content (AvgIpc) is 2.05. The Balaban J connectivity index is 0.00000121. The fourth-order valence-corrected chi connectivity index (χ4v) is 0.843. The second kappa shape index (κ2) is 5.05. The topological polar surface area (TPSA) is 3.24 Å². The van der Waals surface area contributed by atoms with Gasteiger partial charge in [-0.1, -0.05) is 12.1 Å². The van der Waals surface area contributed by atoms with Crippen molar-refractivity contribution in [2.24, 2.45) is 0 Å². The number of benzene rings is 1. The predicted octanol–water partition coefficient (Wildman–Crippen LogP) is 1.69. The van der Waals surface area contributed by atoms with Crippen LogP contribution in [0.5, 0.6) is 0 Å². The summed E-state index contributed by atoms with van der Waals surface area (Å²) in [6, 6.07) is 7.69. The molecule has 0 saturated heterocycles. The molecule has 0 aromatic heterocycles. The van der Waals surface area contributed by atoms with Crippen LogP contribution in [0.4, 0.5) is 5.69 Å². The van der Waals surface area contributed by atoms with E-state index >= 15 is 0 Å². The molecule has 1 aromatic rings. The van der Waals surface area contributed by atoms with Crippen LogP contribution in [0.25, 0.3) is 0 Å². The second-order valence-electron chi connectivity index (χ2n) is 2.57. The van der Waals surface area contributed by atoms with E-state index in [1.54, 1.807) is 0 Å². The molecule has 1 nitrogen and oxygen atoms in total. The number of nitrogens with zero attached hydrogens (tertiary/aromatic N) is 1. The molecular weight excluding hydrogens is 242 g/mol.